The number of primary amides is 1. The number of nitrogens with one attached hydrogen (secondary N) is 1. The molecule has 0 aliphatic heterocycles. The van der Waals surface area contributed by atoms with Crippen LogP contribution in [0.2, 0.25) is 0 Å². The molecule has 1 amide bonds. The van der Waals surface area contributed by atoms with E-state index in [0.717, 1.165) is 0 Å². The molecule has 0 fully saturated rings. The molecule has 100 valence electrons. The Hall–Kier alpha value is -2.32. The second-order valence-electron chi connectivity index (χ2n) is 2.99. The SMILES string of the molecule is NC(=O)CC(F)(F)F.O=[N+]([O-])Nc1ccccc1. The van der Waals surface area contributed by atoms with Crippen molar-refractivity contribution in [3.05, 3.63) is 40.4 Å². The maximum atomic E-state index is 11.0. The first-order valence-corrected chi connectivity index (χ1v) is 4.52. The molecule has 0 spiro atoms. The van der Waals surface area contributed by atoms with Crippen molar-refractivity contribution in [3.63, 3.8) is 0 Å². The number of benzene rings is 1. The van der Waals surface area contributed by atoms with E-state index in [0.29, 0.717) is 5.69 Å². The van der Waals surface area contributed by atoms with Crippen LogP contribution in [0.5, 0.6) is 0 Å². The summed E-state index contributed by atoms with van der Waals surface area (Å²) in [7, 11) is 0. The molecule has 0 radical (unpaired) electrons. The van der Waals surface area contributed by atoms with Gasteiger partial charge in [-0.25, -0.2) is 10.1 Å². The minimum Gasteiger partial charge on any atom is -0.369 e. The highest BCUT2D eigenvalue weighted by molar-refractivity contribution is 5.74. The number of nitrogens with zero attached hydrogens (tertiary/aromatic N) is 1. The second kappa shape index (κ2) is 7.09. The Labute approximate surface area is 99.7 Å². The van der Waals surface area contributed by atoms with Gasteiger partial charge in [-0.3, -0.25) is 4.79 Å². The lowest BCUT2D eigenvalue weighted by Crippen LogP contribution is -2.21. The number of para-hydroxylation sites is 1. The summed E-state index contributed by atoms with van der Waals surface area (Å²) in [6, 6.07) is 8.51. The fraction of sp³-hybridized carbons (Fsp3) is 0.222. The molecule has 9 heteroatoms. The highest BCUT2D eigenvalue weighted by Gasteiger charge is 2.29. The Bertz CT molecular complexity index is 395. The van der Waals surface area contributed by atoms with E-state index in [9.17, 15) is 28.1 Å². The number of anilines is 1. The Morgan fingerprint density at radius 1 is 1.33 bits per heavy atom. The van der Waals surface area contributed by atoms with Crippen LogP contribution in [-0.2, 0) is 4.79 Å². The van der Waals surface area contributed by atoms with Crippen LogP contribution in [0.4, 0.5) is 18.9 Å². The van der Waals surface area contributed by atoms with Crippen LogP contribution in [0.1, 0.15) is 6.42 Å². The van der Waals surface area contributed by atoms with Gasteiger partial charge in [0.15, 0.2) is 5.03 Å². The van der Waals surface area contributed by atoms with Crippen LogP contribution in [0.3, 0.4) is 0 Å². The van der Waals surface area contributed by atoms with E-state index in [1.165, 1.54) is 0 Å². The lowest BCUT2D eigenvalue weighted by Gasteiger charge is -1.99. The average molecular weight is 265 g/mol. The Balaban J connectivity index is 0.000000331. The molecule has 1 rings (SSSR count). The molecular weight excluding hydrogens is 255 g/mol. The normalized spacial score (nSPS) is 9.94. The minimum absolute atomic E-state index is 0.493. The molecule has 0 aromatic heterocycles. The molecule has 0 aliphatic carbocycles. The lowest BCUT2D eigenvalue weighted by atomic mass is 10.3. The fourth-order valence-corrected chi connectivity index (χ4v) is 0.816. The fourth-order valence-electron chi connectivity index (χ4n) is 0.816. The molecule has 0 unspecified atom stereocenters. The van der Waals surface area contributed by atoms with Gasteiger partial charge in [-0.2, -0.15) is 13.2 Å². The van der Waals surface area contributed by atoms with E-state index in [1.54, 1.807) is 30.3 Å². The zero-order chi connectivity index (χ0) is 14.2. The maximum Gasteiger partial charge on any atom is 0.397 e. The number of rotatable bonds is 3. The molecule has 1 aromatic carbocycles. The third-order valence-corrected chi connectivity index (χ3v) is 1.37. The zero-order valence-corrected chi connectivity index (χ0v) is 8.98. The van der Waals surface area contributed by atoms with Gasteiger partial charge in [-0.1, -0.05) is 18.2 Å². The molecule has 6 nitrogen and oxygen atoms in total. The molecule has 0 aliphatic rings. The summed E-state index contributed by atoms with van der Waals surface area (Å²) in [5, 5.41) is 9.28. The first-order chi connectivity index (χ1) is 8.20. The number of hydrogen-bond acceptors (Lipinski definition) is 3. The molecule has 18 heavy (non-hydrogen) atoms. The van der Waals surface area contributed by atoms with Gasteiger partial charge >= 0.3 is 6.18 Å². The van der Waals surface area contributed by atoms with Crippen molar-refractivity contribution in [2.24, 2.45) is 5.73 Å². The number of alkyl halides is 3. The van der Waals surface area contributed by atoms with Gasteiger partial charge in [-0.15, -0.1) is 5.43 Å². The summed E-state index contributed by atoms with van der Waals surface area (Å²) in [4.78, 5) is 19.4. The van der Waals surface area contributed by atoms with Gasteiger partial charge in [0.05, 0.1) is 0 Å². The number of hydrogen-bond donors (Lipinski definition) is 2. The molecule has 0 saturated heterocycles. The van der Waals surface area contributed by atoms with Gasteiger partial charge in [-0.05, 0) is 12.1 Å². The van der Waals surface area contributed by atoms with E-state index < -0.39 is 23.5 Å². The van der Waals surface area contributed by atoms with Crippen LogP contribution in [-0.4, -0.2) is 17.1 Å². The largest absolute Gasteiger partial charge is 0.397 e. The van der Waals surface area contributed by atoms with Crippen molar-refractivity contribution in [1.29, 1.82) is 0 Å². The van der Waals surface area contributed by atoms with Crippen LogP contribution >= 0.6 is 0 Å². The summed E-state index contributed by atoms with van der Waals surface area (Å²) >= 11 is 0. The molecule has 0 saturated carbocycles. The van der Waals surface area contributed by atoms with Crippen molar-refractivity contribution in [2.75, 3.05) is 5.43 Å². The zero-order valence-electron chi connectivity index (χ0n) is 8.98. The summed E-state index contributed by atoms with van der Waals surface area (Å²) in [6.45, 7) is 0. The quantitative estimate of drug-likeness (QED) is 0.642. The third-order valence-electron chi connectivity index (χ3n) is 1.37. The highest BCUT2D eigenvalue weighted by atomic mass is 19.4. The number of halogens is 3. The van der Waals surface area contributed by atoms with Crippen molar-refractivity contribution in [1.82, 2.24) is 0 Å². The minimum atomic E-state index is -4.45. The first kappa shape index (κ1) is 15.7. The lowest BCUT2D eigenvalue weighted by molar-refractivity contribution is -0.445. The summed E-state index contributed by atoms with van der Waals surface area (Å²) in [5.74, 6) is -1.35. The van der Waals surface area contributed by atoms with E-state index in [-0.39, 0.29) is 0 Å². The number of nitrogens with two attached hydrogens (primary N) is 1. The average Bonchev–Trinajstić information content (AvgIpc) is 2.14. The summed E-state index contributed by atoms with van der Waals surface area (Å²) in [5.41, 5.74) is 6.74. The van der Waals surface area contributed by atoms with E-state index in [2.05, 4.69) is 5.73 Å². The van der Waals surface area contributed by atoms with E-state index >= 15 is 0 Å². The third kappa shape index (κ3) is 10.2. The van der Waals surface area contributed by atoms with E-state index in [1.807, 2.05) is 5.43 Å². The van der Waals surface area contributed by atoms with E-state index in [4.69, 9.17) is 0 Å². The van der Waals surface area contributed by atoms with Crippen molar-refractivity contribution in [3.8, 4) is 0 Å². The summed E-state index contributed by atoms with van der Waals surface area (Å²) < 4.78 is 33.0. The number of carbonyl (C=O) groups is 1. The van der Waals surface area contributed by atoms with Crippen molar-refractivity contribution >= 4 is 11.6 Å². The van der Waals surface area contributed by atoms with Crippen LogP contribution in [0, 0.1) is 10.1 Å². The standard InChI is InChI=1S/C6H6N2O2.C3H4F3NO/c9-8(10)7-6-4-2-1-3-5-6;4-3(5,6)1-2(7)8/h1-5,7H;1H2,(H2,7,8). The number of amides is 1. The topological polar surface area (TPSA) is 98.3 Å². The molecule has 0 bridgehead atoms. The highest BCUT2D eigenvalue weighted by Crippen LogP contribution is 2.17. The van der Waals surface area contributed by atoms with Gasteiger partial charge in [0.25, 0.3) is 0 Å². The predicted molar refractivity (Wildman–Crippen MR) is 56.9 cm³/mol. The molecule has 0 heterocycles. The second-order valence-corrected chi connectivity index (χ2v) is 2.99. The Morgan fingerprint density at radius 2 is 1.83 bits per heavy atom. The van der Waals surface area contributed by atoms with Crippen molar-refractivity contribution in [2.45, 2.75) is 12.6 Å². The van der Waals surface area contributed by atoms with Crippen molar-refractivity contribution < 1.29 is 23.0 Å². The van der Waals surface area contributed by atoms with Gasteiger partial charge in [0.1, 0.15) is 12.1 Å². The van der Waals surface area contributed by atoms with Crippen LogP contribution in [0.15, 0.2) is 30.3 Å². The number of hydrazine groups is 1. The number of nitro groups is 1. The van der Waals surface area contributed by atoms with Crippen LogP contribution in [0.25, 0.3) is 0 Å². The smallest absolute Gasteiger partial charge is 0.369 e. The number of carbonyl (C=O) groups excluding carboxylic acids is 1. The Kier molecular flexibility index (Phi) is 6.18. The molecule has 0 atom stereocenters. The predicted octanol–water partition coefficient (Wildman–Crippen LogP) is 1.71. The molecule has 3 N–H and O–H groups in total. The van der Waals surface area contributed by atoms with Crippen LogP contribution < -0.4 is 11.2 Å². The molecule has 1 aromatic rings. The van der Waals surface area contributed by atoms with Gasteiger partial charge in [0.2, 0.25) is 5.91 Å². The molecular formula is C9H10F3N3O3. The first-order valence-electron chi connectivity index (χ1n) is 4.52. The maximum absolute atomic E-state index is 11.0. The monoisotopic (exact) mass is 265 g/mol. The Morgan fingerprint density at radius 3 is 2.11 bits per heavy atom. The van der Waals surface area contributed by atoms with Gasteiger partial charge in [0, 0.05) is 0 Å². The summed E-state index contributed by atoms with van der Waals surface area (Å²) in [6.07, 6.45) is -5.99. The van der Waals surface area contributed by atoms with Gasteiger partial charge < -0.3 is 5.73 Å².